The van der Waals surface area contributed by atoms with Crippen molar-refractivity contribution in [2.75, 3.05) is 32.6 Å². The molecule has 1 atom stereocenters. The van der Waals surface area contributed by atoms with E-state index < -0.39 is 11.3 Å². The standard InChI is InChI=1S/C10H21N5O2S.ClH/c1-9(2)14-8-10(7-11-14)12-15(18(16)17)6-5-13(3)4;/h7-9,12H,5-6H2,1-4H3,(H,16,17);1H/p-1. The SMILES string of the molecule is CC(C)n1cc(NN(CCN(C)C)S(=O)[O-])cn1.Cl. The summed E-state index contributed by atoms with van der Waals surface area (Å²) in [5, 5.41) is 4.14. The van der Waals surface area contributed by atoms with Gasteiger partial charge in [-0.3, -0.25) is 8.89 Å². The van der Waals surface area contributed by atoms with Gasteiger partial charge in [-0.05, 0) is 27.9 Å². The number of halogens is 1. The van der Waals surface area contributed by atoms with Crippen molar-refractivity contribution in [1.82, 2.24) is 19.1 Å². The Balaban J connectivity index is 0.00000324. The van der Waals surface area contributed by atoms with Crippen LogP contribution in [0.2, 0.25) is 0 Å². The van der Waals surface area contributed by atoms with Crippen LogP contribution < -0.4 is 5.43 Å². The number of aromatic nitrogens is 2. The lowest BCUT2D eigenvalue weighted by Gasteiger charge is -2.26. The quantitative estimate of drug-likeness (QED) is 0.597. The number of hydrazine groups is 1. The fraction of sp³-hybridized carbons (Fsp3) is 0.700. The molecule has 0 spiro atoms. The zero-order chi connectivity index (χ0) is 13.7. The lowest BCUT2D eigenvalue weighted by atomic mass is 10.4. The van der Waals surface area contributed by atoms with Crippen molar-refractivity contribution < 1.29 is 8.76 Å². The van der Waals surface area contributed by atoms with Crippen LogP contribution in [-0.4, -0.2) is 55.0 Å². The third-order valence-electron chi connectivity index (χ3n) is 2.31. The van der Waals surface area contributed by atoms with E-state index >= 15 is 0 Å². The van der Waals surface area contributed by atoms with Gasteiger partial charge in [0.05, 0.1) is 11.9 Å². The van der Waals surface area contributed by atoms with Crippen LogP contribution in [0.1, 0.15) is 19.9 Å². The summed E-state index contributed by atoms with van der Waals surface area (Å²) in [6.45, 7) is 5.02. The van der Waals surface area contributed by atoms with E-state index in [0.717, 1.165) is 4.41 Å². The van der Waals surface area contributed by atoms with Gasteiger partial charge < -0.3 is 14.9 Å². The zero-order valence-electron chi connectivity index (χ0n) is 11.6. The van der Waals surface area contributed by atoms with Gasteiger partial charge in [-0.15, -0.1) is 16.8 Å². The summed E-state index contributed by atoms with van der Waals surface area (Å²) in [4.78, 5) is 1.92. The van der Waals surface area contributed by atoms with Gasteiger partial charge in [-0.25, -0.2) is 0 Å². The first kappa shape index (κ1) is 18.3. The fourth-order valence-electron chi connectivity index (χ4n) is 1.28. The molecular formula is C10H21ClN5O2S-. The Bertz CT molecular complexity index is 399. The minimum Gasteiger partial charge on any atom is -0.758 e. The third kappa shape index (κ3) is 6.35. The van der Waals surface area contributed by atoms with Crippen molar-refractivity contribution in [2.24, 2.45) is 0 Å². The van der Waals surface area contributed by atoms with Crippen molar-refractivity contribution in [2.45, 2.75) is 19.9 Å². The van der Waals surface area contributed by atoms with Crippen molar-refractivity contribution in [3.8, 4) is 0 Å². The molecule has 0 fully saturated rings. The van der Waals surface area contributed by atoms with Crippen LogP contribution in [0.5, 0.6) is 0 Å². The largest absolute Gasteiger partial charge is 0.758 e. The molecule has 9 heteroatoms. The molecule has 0 amide bonds. The van der Waals surface area contributed by atoms with Crippen LogP contribution in [0.15, 0.2) is 12.4 Å². The second kappa shape index (κ2) is 8.49. The third-order valence-corrected chi connectivity index (χ3v) is 2.95. The van der Waals surface area contributed by atoms with Gasteiger partial charge in [-0.2, -0.15) is 5.10 Å². The Morgan fingerprint density at radius 1 is 1.47 bits per heavy atom. The highest BCUT2D eigenvalue weighted by atomic mass is 35.5. The molecule has 1 aromatic heterocycles. The van der Waals surface area contributed by atoms with Crippen LogP contribution in [0.25, 0.3) is 0 Å². The maximum absolute atomic E-state index is 11.1. The van der Waals surface area contributed by atoms with Gasteiger partial charge in [0, 0.05) is 36.6 Å². The van der Waals surface area contributed by atoms with Crippen molar-refractivity contribution in [3.05, 3.63) is 12.4 Å². The molecule has 0 radical (unpaired) electrons. The van der Waals surface area contributed by atoms with Gasteiger partial charge >= 0.3 is 0 Å². The summed E-state index contributed by atoms with van der Waals surface area (Å²) in [7, 11) is 3.78. The van der Waals surface area contributed by atoms with E-state index in [4.69, 9.17) is 0 Å². The number of anilines is 1. The number of rotatable bonds is 7. The fourth-order valence-corrected chi connectivity index (χ4v) is 1.69. The molecule has 0 aliphatic heterocycles. The monoisotopic (exact) mass is 310 g/mol. The molecule has 0 saturated carbocycles. The lowest BCUT2D eigenvalue weighted by Crippen LogP contribution is -2.37. The molecule has 1 N–H and O–H groups in total. The smallest absolute Gasteiger partial charge is 0.0880 e. The van der Waals surface area contributed by atoms with Crippen molar-refractivity contribution in [3.63, 3.8) is 0 Å². The Morgan fingerprint density at radius 2 is 2.11 bits per heavy atom. The first-order chi connectivity index (χ1) is 8.40. The highest BCUT2D eigenvalue weighted by molar-refractivity contribution is 7.76. The molecule has 1 unspecified atom stereocenters. The number of nitrogens with one attached hydrogen (secondary N) is 1. The molecular weight excluding hydrogens is 290 g/mol. The van der Waals surface area contributed by atoms with Crippen LogP contribution >= 0.6 is 12.4 Å². The summed E-state index contributed by atoms with van der Waals surface area (Å²) in [5.74, 6) is 0. The predicted octanol–water partition coefficient (Wildman–Crippen LogP) is 0.870. The Hall–Kier alpha value is -0.670. The van der Waals surface area contributed by atoms with E-state index in [2.05, 4.69) is 10.5 Å². The molecule has 112 valence electrons. The second-order valence-electron chi connectivity index (χ2n) is 4.54. The van der Waals surface area contributed by atoms with Gasteiger partial charge in [0.25, 0.3) is 0 Å². The molecule has 1 heterocycles. The van der Waals surface area contributed by atoms with Gasteiger partial charge in [0.15, 0.2) is 0 Å². The lowest BCUT2D eigenvalue weighted by molar-refractivity contribution is 0.349. The van der Waals surface area contributed by atoms with E-state index in [1.54, 1.807) is 17.1 Å². The van der Waals surface area contributed by atoms with Gasteiger partial charge in [0.2, 0.25) is 0 Å². The average molecular weight is 311 g/mol. The molecule has 0 aromatic carbocycles. The molecule has 1 aromatic rings. The van der Waals surface area contributed by atoms with Gasteiger partial charge in [0.1, 0.15) is 0 Å². The molecule has 0 aliphatic rings. The van der Waals surface area contributed by atoms with E-state index in [0.29, 0.717) is 18.8 Å². The number of likely N-dealkylation sites (N-methyl/N-ethyl adjacent to an activating group) is 1. The highest BCUT2D eigenvalue weighted by Gasteiger charge is 2.08. The predicted molar refractivity (Wildman–Crippen MR) is 77.7 cm³/mol. The summed E-state index contributed by atoms with van der Waals surface area (Å²) < 4.78 is 25.1. The van der Waals surface area contributed by atoms with Crippen LogP contribution in [0.4, 0.5) is 5.69 Å². The molecule has 0 bridgehead atoms. The summed E-state index contributed by atoms with van der Waals surface area (Å²) >= 11 is -2.31. The minimum absolute atomic E-state index is 0. The Labute approximate surface area is 122 Å². The topological polar surface area (TPSA) is 76.5 Å². The number of hydrogen-bond acceptors (Lipinski definition) is 5. The average Bonchev–Trinajstić information content (AvgIpc) is 2.71. The van der Waals surface area contributed by atoms with E-state index in [-0.39, 0.29) is 18.4 Å². The molecule has 19 heavy (non-hydrogen) atoms. The van der Waals surface area contributed by atoms with E-state index in [9.17, 15) is 8.76 Å². The van der Waals surface area contributed by atoms with E-state index in [1.165, 1.54) is 0 Å². The summed E-state index contributed by atoms with van der Waals surface area (Å²) in [5.41, 5.74) is 3.48. The first-order valence-corrected chi connectivity index (χ1v) is 6.75. The Morgan fingerprint density at radius 3 is 2.53 bits per heavy atom. The van der Waals surface area contributed by atoms with E-state index in [1.807, 2.05) is 32.8 Å². The Kier molecular flexibility index (Phi) is 8.19. The zero-order valence-corrected chi connectivity index (χ0v) is 13.2. The number of nitrogens with zero attached hydrogens (tertiary/aromatic N) is 4. The summed E-state index contributed by atoms with van der Waals surface area (Å²) in [6, 6.07) is 0.244. The molecule has 0 aliphatic carbocycles. The molecule has 0 saturated heterocycles. The highest BCUT2D eigenvalue weighted by Crippen LogP contribution is 2.11. The van der Waals surface area contributed by atoms with Crippen LogP contribution in [-0.2, 0) is 11.3 Å². The number of hydrogen-bond donors (Lipinski definition) is 1. The summed E-state index contributed by atoms with van der Waals surface area (Å²) in [6.07, 6.45) is 3.38. The molecule has 1 rings (SSSR count). The maximum atomic E-state index is 11.1. The maximum Gasteiger partial charge on any atom is 0.0880 e. The van der Waals surface area contributed by atoms with Crippen molar-refractivity contribution in [1.29, 1.82) is 0 Å². The minimum atomic E-state index is -2.31. The first-order valence-electron chi connectivity index (χ1n) is 5.72. The molecule has 7 nitrogen and oxygen atoms in total. The van der Waals surface area contributed by atoms with Crippen LogP contribution in [0, 0.1) is 0 Å². The second-order valence-corrected chi connectivity index (χ2v) is 5.41. The van der Waals surface area contributed by atoms with Gasteiger partial charge in [-0.1, -0.05) is 0 Å². The normalized spacial score (nSPS) is 12.8. The van der Waals surface area contributed by atoms with Crippen molar-refractivity contribution >= 4 is 29.4 Å². The van der Waals surface area contributed by atoms with Crippen LogP contribution in [0.3, 0.4) is 0 Å².